The number of carbonyl (C=O) groups is 1. The summed E-state index contributed by atoms with van der Waals surface area (Å²) < 4.78 is 36.9. The molecule has 0 aliphatic heterocycles. The van der Waals surface area contributed by atoms with Crippen LogP contribution >= 0.6 is 11.6 Å². The molecule has 2 rings (SSSR count). The zero-order valence-corrected chi connectivity index (χ0v) is 16.2. The number of nitrogens with zero attached hydrogens (tertiary/aromatic N) is 1. The third-order valence-corrected chi connectivity index (χ3v) is 5.13. The molecule has 0 heterocycles. The van der Waals surface area contributed by atoms with E-state index in [4.69, 9.17) is 21.1 Å². The van der Waals surface area contributed by atoms with Crippen molar-refractivity contribution >= 4 is 33.7 Å². The molecule has 0 atom stereocenters. The molecule has 0 saturated carbocycles. The number of halogens is 1. The summed E-state index contributed by atoms with van der Waals surface area (Å²) in [5.41, 5.74) is 2.84. The molecule has 0 unspecified atom stereocenters. The van der Waals surface area contributed by atoms with E-state index < -0.39 is 22.5 Å². The van der Waals surface area contributed by atoms with Crippen molar-refractivity contribution in [3.05, 3.63) is 53.1 Å². The molecule has 1 amide bonds. The molecule has 144 valence electrons. The van der Waals surface area contributed by atoms with Gasteiger partial charge in [0, 0.05) is 16.7 Å². The van der Waals surface area contributed by atoms with Gasteiger partial charge in [-0.25, -0.2) is 18.6 Å². The van der Waals surface area contributed by atoms with Gasteiger partial charge in [0.15, 0.2) is 11.5 Å². The van der Waals surface area contributed by atoms with Crippen LogP contribution in [0.4, 0.5) is 0 Å². The lowest BCUT2D eigenvalue weighted by molar-refractivity contribution is -0.119. The first-order valence-corrected chi connectivity index (χ1v) is 9.51. The number of methoxy groups -OCH3 is 2. The van der Waals surface area contributed by atoms with Gasteiger partial charge in [0.2, 0.25) is 10.0 Å². The fraction of sp³-hybridized carbons (Fsp3) is 0.176. The van der Waals surface area contributed by atoms with Gasteiger partial charge in [-0.05, 0) is 18.2 Å². The third-order valence-electron chi connectivity index (χ3n) is 3.39. The number of benzene rings is 2. The van der Waals surface area contributed by atoms with Crippen molar-refractivity contribution in [2.75, 3.05) is 20.8 Å². The van der Waals surface area contributed by atoms with E-state index in [1.807, 2.05) is 0 Å². The van der Waals surface area contributed by atoms with E-state index in [0.29, 0.717) is 16.3 Å². The van der Waals surface area contributed by atoms with E-state index in [1.165, 1.54) is 38.6 Å². The fourth-order valence-electron chi connectivity index (χ4n) is 2.02. The quantitative estimate of drug-likeness (QED) is 0.508. The largest absolute Gasteiger partial charge is 0.493 e. The SMILES string of the molecule is COc1ccc(S(=O)(=O)NCC(=O)N/N=C\c2ccccc2Cl)cc1OC. The van der Waals surface area contributed by atoms with Crippen LogP contribution in [0.3, 0.4) is 0 Å². The third kappa shape index (κ3) is 5.68. The minimum atomic E-state index is -3.92. The Morgan fingerprint density at radius 2 is 1.85 bits per heavy atom. The van der Waals surface area contributed by atoms with E-state index >= 15 is 0 Å². The summed E-state index contributed by atoms with van der Waals surface area (Å²) in [7, 11) is -1.08. The molecule has 2 N–H and O–H groups in total. The number of hydrazone groups is 1. The van der Waals surface area contributed by atoms with Crippen LogP contribution in [0.1, 0.15) is 5.56 Å². The van der Waals surface area contributed by atoms with Crippen molar-refractivity contribution in [1.82, 2.24) is 10.1 Å². The zero-order valence-electron chi connectivity index (χ0n) is 14.6. The first-order chi connectivity index (χ1) is 12.9. The normalized spacial score (nSPS) is 11.4. The van der Waals surface area contributed by atoms with Crippen LogP contribution in [0, 0.1) is 0 Å². The predicted octanol–water partition coefficient (Wildman–Crippen LogP) is 1.79. The molecule has 0 spiro atoms. The zero-order chi connectivity index (χ0) is 19.9. The van der Waals surface area contributed by atoms with Crippen molar-refractivity contribution in [3.8, 4) is 11.5 Å². The topological polar surface area (TPSA) is 106 Å². The molecule has 2 aromatic carbocycles. The summed E-state index contributed by atoms with van der Waals surface area (Å²) in [5.74, 6) is 0.0135. The molecular weight excluding hydrogens is 394 g/mol. The number of nitrogens with one attached hydrogen (secondary N) is 2. The van der Waals surface area contributed by atoms with Gasteiger partial charge in [-0.15, -0.1) is 0 Å². The number of rotatable bonds is 8. The Hall–Kier alpha value is -2.62. The van der Waals surface area contributed by atoms with Crippen molar-refractivity contribution in [2.24, 2.45) is 5.10 Å². The molecule has 27 heavy (non-hydrogen) atoms. The summed E-state index contributed by atoms with van der Waals surface area (Å²) in [5, 5.41) is 4.22. The van der Waals surface area contributed by atoms with Crippen molar-refractivity contribution < 1.29 is 22.7 Å². The lowest BCUT2D eigenvalue weighted by Crippen LogP contribution is -2.34. The Bertz CT molecular complexity index is 947. The van der Waals surface area contributed by atoms with Crippen molar-refractivity contribution in [3.63, 3.8) is 0 Å². The number of sulfonamides is 1. The maximum Gasteiger partial charge on any atom is 0.255 e. The van der Waals surface area contributed by atoms with E-state index in [0.717, 1.165) is 0 Å². The van der Waals surface area contributed by atoms with Crippen LogP contribution in [-0.4, -0.2) is 41.3 Å². The second kappa shape index (κ2) is 9.36. The number of hydrogen-bond acceptors (Lipinski definition) is 6. The summed E-state index contributed by atoms with van der Waals surface area (Å²) in [6, 6.07) is 11.0. The van der Waals surface area contributed by atoms with E-state index in [-0.39, 0.29) is 10.6 Å². The number of hydrogen-bond donors (Lipinski definition) is 2. The molecule has 0 aliphatic rings. The molecule has 8 nitrogen and oxygen atoms in total. The summed E-state index contributed by atoms with van der Waals surface area (Å²) in [6.45, 7) is -0.490. The highest BCUT2D eigenvalue weighted by atomic mass is 35.5. The standard InChI is InChI=1S/C17H18ClN3O5S/c1-25-15-8-7-13(9-16(15)26-2)27(23,24)20-11-17(22)21-19-10-12-5-3-4-6-14(12)18/h3-10,20H,11H2,1-2H3,(H,21,22)/b19-10-. The van der Waals surface area contributed by atoms with Crippen LogP contribution < -0.4 is 19.6 Å². The Morgan fingerprint density at radius 3 is 2.52 bits per heavy atom. The fourth-order valence-corrected chi connectivity index (χ4v) is 3.20. The molecule has 0 aromatic heterocycles. The van der Waals surface area contributed by atoms with Gasteiger partial charge >= 0.3 is 0 Å². The predicted molar refractivity (Wildman–Crippen MR) is 102 cm³/mol. The summed E-state index contributed by atoms with van der Waals surface area (Å²) in [6.07, 6.45) is 1.36. The van der Waals surface area contributed by atoms with Gasteiger partial charge in [0.1, 0.15) is 0 Å². The van der Waals surface area contributed by atoms with Gasteiger partial charge in [-0.2, -0.15) is 5.10 Å². The Balaban J connectivity index is 1.96. The van der Waals surface area contributed by atoms with Crippen LogP contribution in [-0.2, 0) is 14.8 Å². The van der Waals surface area contributed by atoms with Crippen LogP contribution in [0.25, 0.3) is 0 Å². The molecule has 0 bridgehead atoms. The maximum absolute atomic E-state index is 12.3. The highest BCUT2D eigenvalue weighted by molar-refractivity contribution is 7.89. The van der Waals surface area contributed by atoms with E-state index in [9.17, 15) is 13.2 Å². The second-order valence-electron chi connectivity index (χ2n) is 5.16. The maximum atomic E-state index is 12.3. The minimum Gasteiger partial charge on any atom is -0.493 e. The van der Waals surface area contributed by atoms with Crippen LogP contribution in [0.5, 0.6) is 11.5 Å². The Morgan fingerprint density at radius 1 is 1.15 bits per heavy atom. The molecule has 0 aliphatic carbocycles. The first kappa shape index (κ1) is 20.7. The van der Waals surface area contributed by atoms with Gasteiger partial charge in [0.25, 0.3) is 5.91 Å². The minimum absolute atomic E-state index is 0.0625. The summed E-state index contributed by atoms with van der Waals surface area (Å²) >= 11 is 5.96. The molecule has 0 fully saturated rings. The van der Waals surface area contributed by atoms with Gasteiger partial charge in [-0.1, -0.05) is 29.8 Å². The lowest BCUT2D eigenvalue weighted by atomic mass is 10.2. The molecule has 0 saturated heterocycles. The Labute approximate surface area is 162 Å². The molecular formula is C17H18ClN3O5S. The van der Waals surface area contributed by atoms with Crippen LogP contribution in [0.2, 0.25) is 5.02 Å². The molecule has 2 aromatic rings. The summed E-state index contributed by atoms with van der Waals surface area (Å²) in [4.78, 5) is 11.7. The average molecular weight is 412 g/mol. The van der Waals surface area contributed by atoms with Gasteiger partial charge in [0.05, 0.1) is 31.9 Å². The molecule has 0 radical (unpaired) electrons. The number of carbonyl (C=O) groups excluding carboxylic acids is 1. The van der Waals surface area contributed by atoms with Crippen molar-refractivity contribution in [1.29, 1.82) is 0 Å². The lowest BCUT2D eigenvalue weighted by Gasteiger charge is -2.10. The van der Waals surface area contributed by atoms with Crippen LogP contribution in [0.15, 0.2) is 52.5 Å². The smallest absolute Gasteiger partial charge is 0.255 e. The highest BCUT2D eigenvalue weighted by Crippen LogP contribution is 2.29. The van der Waals surface area contributed by atoms with Gasteiger partial charge in [-0.3, -0.25) is 4.79 Å². The monoisotopic (exact) mass is 411 g/mol. The Kier molecular flexibility index (Phi) is 7.17. The second-order valence-corrected chi connectivity index (χ2v) is 7.33. The average Bonchev–Trinajstić information content (AvgIpc) is 2.67. The van der Waals surface area contributed by atoms with E-state index in [1.54, 1.807) is 24.3 Å². The highest BCUT2D eigenvalue weighted by Gasteiger charge is 2.18. The van der Waals surface area contributed by atoms with Crippen molar-refractivity contribution in [2.45, 2.75) is 4.90 Å². The van der Waals surface area contributed by atoms with Gasteiger partial charge < -0.3 is 9.47 Å². The molecule has 10 heteroatoms. The first-order valence-electron chi connectivity index (χ1n) is 7.65. The number of amides is 1. The number of ether oxygens (including phenoxy) is 2. The van der Waals surface area contributed by atoms with E-state index in [2.05, 4.69) is 15.2 Å².